The van der Waals surface area contributed by atoms with Crippen LogP contribution in [0.15, 0.2) is 43.9 Å². The number of nitrogens with zero attached hydrogens (tertiary/aromatic N) is 4. The molecule has 0 aliphatic carbocycles. The number of ether oxygens (including phenoxy) is 2. The summed E-state index contributed by atoms with van der Waals surface area (Å²) in [5.41, 5.74) is 0.740. The number of nitriles is 1. The molecule has 5 atom stereocenters. The molecule has 5 unspecified atom stereocenters. The Morgan fingerprint density at radius 2 is 2.31 bits per heavy atom. The number of H-pyrrole nitrogens is 1. The molecule has 1 aromatic carbocycles. The van der Waals surface area contributed by atoms with Crippen molar-refractivity contribution in [3.05, 3.63) is 49.5 Å². The Morgan fingerprint density at radius 3 is 2.97 bits per heavy atom. The number of hydrogen-bond acceptors (Lipinski definition) is 10. The Balaban J connectivity index is 1.69. The van der Waals surface area contributed by atoms with Gasteiger partial charge in [0.25, 0.3) is 0 Å². The second-order valence-corrected chi connectivity index (χ2v) is 9.82. The van der Waals surface area contributed by atoms with Gasteiger partial charge in [-0.3, -0.25) is 4.79 Å². The fourth-order valence-corrected chi connectivity index (χ4v) is 5.85. The SMILES string of the molecule is COC1C(Sc2cc(Br)ccc2C#N)OC(CO)C(O)C1n1cc(-c2csc(=O)[nH]2)nn1. The number of thiazole rings is 1. The fourth-order valence-electron chi connectivity index (χ4n) is 3.47. The zero-order valence-electron chi connectivity index (χ0n) is 16.6. The molecule has 0 bridgehead atoms. The number of nitrogens with one attached hydrogen (secondary N) is 1. The maximum absolute atomic E-state index is 11.5. The van der Waals surface area contributed by atoms with Crippen molar-refractivity contribution in [1.29, 1.82) is 5.26 Å². The summed E-state index contributed by atoms with van der Waals surface area (Å²) >= 11 is 5.68. The lowest BCUT2D eigenvalue weighted by Crippen LogP contribution is -2.55. The molecule has 1 aliphatic heterocycles. The lowest BCUT2D eigenvalue weighted by atomic mass is 9.97. The summed E-state index contributed by atoms with van der Waals surface area (Å²) in [7, 11) is 1.49. The van der Waals surface area contributed by atoms with Crippen LogP contribution >= 0.6 is 39.0 Å². The molecule has 10 nitrogen and oxygen atoms in total. The third kappa shape index (κ3) is 4.53. The summed E-state index contributed by atoms with van der Waals surface area (Å²) in [6, 6.07) is 6.67. The largest absolute Gasteiger partial charge is 0.394 e. The van der Waals surface area contributed by atoms with E-state index in [2.05, 4.69) is 37.3 Å². The number of aliphatic hydroxyl groups is 2. The van der Waals surface area contributed by atoms with E-state index in [4.69, 9.17) is 9.47 Å². The Labute approximate surface area is 198 Å². The Hall–Kier alpha value is -2.05. The van der Waals surface area contributed by atoms with Crippen molar-refractivity contribution in [3.8, 4) is 17.5 Å². The first-order valence-electron chi connectivity index (χ1n) is 9.38. The van der Waals surface area contributed by atoms with Gasteiger partial charge in [0.2, 0.25) is 0 Å². The topological polar surface area (TPSA) is 146 Å². The maximum atomic E-state index is 11.5. The zero-order valence-corrected chi connectivity index (χ0v) is 19.8. The predicted molar refractivity (Wildman–Crippen MR) is 120 cm³/mol. The second kappa shape index (κ2) is 9.84. The van der Waals surface area contributed by atoms with Gasteiger partial charge >= 0.3 is 4.87 Å². The standard InChI is InChI=1S/C19H18BrN5O5S2/c1-29-17-15(25-6-11(23-24-25)12-8-31-19(28)22-12)16(27)13(7-26)30-18(17)32-14-4-10(20)3-2-9(14)5-21/h2-4,6,8,13,15-18,26-27H,7H2,1H3,(H,22,28). The van der Waals surface area contributed by atoms with Gasteiger partial charge in [-0.05, 0) is 18.2 Å². The number of rotatable bonds is 6. The van der Waals surface area contributed by atoms with E-state index in [1.165, 1.54) is 23.6 Å². The van der Waals surface area contributed by atoms with Crippen molar-refractivity contribution >= 4 is 39.0 Å². The lowest BCUT2D eigenvalue weighted by Gasteiger charge is -2.43. The molecule has 168 valence electrons. The quantitative estimate of drug-likeness (QED) is 0.426. The molecule has 0 radical (unpaired) electrons. The first-order chi connectivity index (χ1) is 15.4. The van der Waals surface area contributed by atoms with Gasteiger partial charge in [-0.15, -0.1) is 5.10 Å². The molecule has 32 heavy (non-hydrogen) atoms. The van der Waals surface area contributed by atoms with E-state index in [1.54, 1.807) is 29.8 Å². The van der Waals surface area contributed by atoms with Gasteiger partial charge in [-0.1, -0.05) is 44.2 Å². The van der Waals surface area contributed by atoms with Crippen LogP contribution in [0.1, 0.15) is 11.6 Å². The molecule has 4 rings (SSSR count). The summed E-state index contributed by atoms with van der Waals surface area (Å²) < 4.78 is 13.9. The molecular formula is C19H18BrN5O5S2. The van der Waals surface area contributed by atoms with Crippen LogP contribution in [0.2, 0.25) is 0 Å². The average Bonchev–Trinajstić information content (AvgIpc) is 3.43. The number of hydrogen-bond donors (Lipinski definition) is 3. The minimum absolute atomic E-state index is 0.213. The normalized spacial score (nSPS) is 25.5. The van der Waals surface area contributed by atoms with E-state index < -0.39 is 36.4 Å². The van der Waals surface area contributed by atoms with Gasteiger partial charge in [0.15, 0.2) is 0 Å². The first-order valence-corrected chi connectivity index (χ1v) is 11.9. The molecule has 0 spiro atoms. The molecule has 1 aliphatic rings. The van der Waals surface area contributed by atoms with Crippen molar-refractivity contribution in [2.24, 2.45) is 0 Å². The third-order valence-electron chi connectivity index (χ3n) is 5.02. The van der Waals surface area contributed by atoms with Crippen molar-refractivity contribution in [2.75, 3.05) is 13.7 Å². The molecule has 13 heteroatoms. The third-order valence-corrected chi connectivity index (χ3v) is 7.38. The van der Waals surface area contributed by atoms with Crippen LogP contribution in [0, 0.1) is 11.3 Å². The molecular weight excluding hydrogens is 522 g/mol. The number of thioether (sulfide) groups is 1. The first kappa shape index (κ1) is 23.1. The summed E-state index contributed by atoms with van der Waals surface area (Å²) in [6.45, 7) is -0.422. The summed E-state index contributed by atoms with van der Waals surface area (Å²) in [5.74, 6) is 0. The smallest absolute Gasteiger partial charge is 0.304 e. The number of aliphatic hydroxyl groups excluding tert-OH is 2. The number of methoxy groups -OCH3 is 1. The average molecular weight is 540 g/mol. The molecule has 2 aromatic heterocycles. The summed E-state index contributed by atoms with van der Waals surface area (Å²) in [5, 5.41) is 40.1. The second-order valence-electron chi connectivity index (χ2n) is 6.92. The summed E-state index contributed by atoms with van der Waals surface area (Å²) in [6.07, 6.45) is -1.15. The van der Waals surface area contributed by atoms with Crippen LogP contribution in [0.3, 0.4) is 0 Å². The van der Waals surface area contributed by atoms with Crippen molar-refractivity contribution in [3.63, 3.8) is 0 Å². The zero-order chi connectivity index (χ0) is 22.8. The van der Waals surface area contributed by atoms with Gasteiger partial charge < -0.3 is 24.7 Å². The van der Waals surface area contributed by atoms with E-state index in [-0.39, 0.29) is 4.87 Å². The van der Waals surface area contributed by atoms with Crippen LogP contribution in [0.4, 0.5) is 0 Å². The van der Waals surface area contributed by atoms with E-state index in [9.17, 15) is 20.3 Å². The summed E-state index contributed by atoms with van der Waals surface area (Å²) in [4.78, 5) is 14.6. The number of halogens is 1. The maximum Gasteiger partial charge on any atom is 0.304 e. The van der Waals surface area contributed by atoms with Gasteiger partial charge in [-0.2, -0.15) is 5.26 Å². The predicted octanol–water partition coefficient (Wildman–Crippen LogP) is 1.76. The van der Waals surface area contributed by atoms with Crippen LogP contribution in [0.25, 0.3) is 11.4 Å². The minimum Gasteiger partial charge on any atom is -0.394 e. The van der Waals surface area contributed by atoms with E-state index >= 15 is 0 Å². The minimum atomic E-state index is -1.14. The monoisotopic (exact) mass is 539 g/mol. The number of aromatic amines is 1. The number of aromatic nitrogens is 4. The number of benzene rings is 1. The van der Waals surface area contributed by atoms with Crippen molar-refractivity contribution < 1.29 is 19.7 Å². The molecule has 0 saturated carbocycles. The van der Waals surface area contributed by atoms with E-state index in [1.807, 2.05) is 0 Å². The Kier molecular flexibility index (Phi) is 7.11. The van der Waals surface area contributed by atoms with Crippen LogP contribution in [0.5, 0.6) is 0 Å². The van der Waals surface area contributed by atoms with E-state index in [0.29, 0.717) is 21.8 Å². The molecule has 1 saturated heterocycles. The van der Waals surface area contributed by atoms with Gasteiger partial charge in [0.1, 0.15) is 41.6 Å². The molecule has 3 heterocycles. The van der Waals surface area contributed by atoms with Gasteiger partial charge in [0.05, 0.1) is 24.1 Å². The lowest BCUT2D eigenvalue weighted by molar-refractivity contribution is -0.186. The molecule has 3 aromatic rings. The van der Waals surface area contributed by atoms with Gasteiger partial charge in [-0.25, -0.2) is 4.68 Å². The molecule has 0 amide bonds. The highest BCUT2D eigenvalue weighted by Crippen LogP contribution is 2.41. The van der Waals surface area contributed by atoms with Crippen LogP contribution in [-0.2, 0) is 9.47 Å². The molecule has 1 fully saturated rings. The highest BCUT2D eigenvalue weighted by atomic mass is 79.9. The van der Waals surface area contributed by atoms with E-state index in [0.717, 1.165) is 15.8 Å². The van der Waals surface area contributed by atoms with Crippen LogP contribution in [-0.4, -0.2) is 67.7 Å². The van der Waals surface area contributed by atoms with Gasteiger partial charge in [0, 0.05) is 21.9 Å². The fraction of sp³-hybridized carbons (Fsp3) is 0.368. The van der Waals surface area contributed by atoms with Crippen molar-refractivity contribution in [1.82, 2.24) is 20.0 Å². The highest BCUT2D eigenvalue weighted by Gasteiger charge is 2.47. The Bertz CT molecular complexity index is 1190. The highest BCUT2D eigenvalue weighted by molar-refractivity contribution is 9.10. The van der Waals surface area contributed by atoms with Crippen LogP contribution < -0.4 is 4.87 Å². The van der Waals surface area contributed by atoms with Crippen molar-refractivity contribution in [2.45, 2.75) is 34.7 Å². The Morgan fingerprint density at radius 1 is 1.50 bits per heavy atom. The molecule has 3 N–H and O–H groups in total.